The van der Waals surface area contributed by atoms with Gasteiger partial charge in [-0.25, -0.2) is 13.1 Å². The highest BCUT2D eigenvalue weighted by Gasteiger charge is 2.15. The van der Waals surface area contributed by atoms with Gasteiger partial charge in [-0.1, -0.05) is 42.5 Å². The van der Waals surface area contributed by atoms with Gasteiger partial charge in [-0.05, 0) is 53.6 Å². The molecule has 3 aromatic carbocycles. The molecule has 0 spiro atoms. The number of carbonyl (C=O) groups excluding carboxylic acids is 1. The standard InChI is InChI=1S/C25H29N3O4S/c29-25(26-12-3-13-28-14-16-32-17-15-28)22-8-6-20(7-9-22)19-27-33(30,31)24-11-10-21-4-1-2-5-23(21)18-24/h1-2,4-11,18,27H,3,12-17,19H2,(H,26,29). The number of morpholine rings is 1. The molecule has 1 aliphatic heterocycles. The summed E-state index contributed by atoms with van der Waals surface area (Å²) in [5.41, 5.74) is 1.34. The summed E-state index contributed by atoms with van der Waals surface area (Å²) < 4.78 is 33.4. The van der Waals surface area contributed by atoms with Crippen LogP contribution in [0, 0.1) is 0 Å². The van der Waals surface area contributed by atoms with E-state index in [9.17, 15) is 13.2 Å². The Bertz CT molecular complexity index is 1190. The lowest BCUT2D eigenvalue weighted by Gasteiger charge is -2.26. The van der Waals surface area contributed by atoms with Gasteiger partial charge >= 0.3 is 0 Å². The Morgan fingerprint density at radius 1 is 0.939 bits per heavy atom. The van der Waals surface area contributed by atoms with Crippen molar-refractivity contribution in [3.8, 4) is 0 Å². The zero-order chi connectivity index (χ0) is 23.1. The number of hydrogen-bond acceptors (Lipinski definition) is 5. The zero-order valence-electron chi connectivity index (χ0n) is 18.5. The molecule has 8 heteroatoms. The van der Waals surface area contributed by atoms with Gasteiger partial charge in [0, 0.05) is 31.7 Å². The van der Waals surface area contributed by atoms with E-state index in [2.05, 4.69) is 14.9 Å². The van der Waals surface area contributed by atoms with Crippen molar-refractivity contribution < 1.29 is 17.9 Å². The number of benzene rings is 3. The third kappa shape index (κ3) is 6.39. The van der Waals surface area contributed by atoms with Gasteiger partial charge in [-0.15, -0.1) is 0 Å². The predicted molar refractivity (Wildman–Crippen MR) is 129 cm³/mol. The quantitative estimate of drug-likeness (QED) is 0.473. The van der Waals surface area contributed by atoms with E-state index in [4.69, 9.17) is 4.74 Å². The number of ether oxygens (including phenoxy) is 1. The molecule has 7 nitrogen and oxygen atoms in total. The average molecular weight is 468 g/mol. The summed E-state index contributed by atoms with van der Waals surface area (Å²) in [6.45, 7) is 5.15. The second kappa shape index (κ2) is 10.9. The monoisotopic (exact) mass is 467 g/mol. The fraction of sp³-hybridized carbons (Fsp3) is 0.320. The van der Waals surface area contributed by atoms with Crippen molar-refractivity contribution in [1.82, 2.24) is 14.9 Å². The van der Waals surface area contributed by atoms with E-state index in [1.165, 1.54) is 0 Å². The van der Waals surface area contributed by atoms with E-state index in [1.807, 2.05) is 24.3 Å². The molecule has 1 amide bonds. The van der Waals surface area contributed by atoms with Gasteiger partial charge in [0.2, 0.25) is 10.0 Å². The van der Waals surface area contributed by atoms with E-state index in [0.717, 1.165) is 55.6 Å². The maximum absolute atomic E-state index is 12.7. The molecule has 3 aromatic rings. The molecule has 1 heterocycles. The van der Waals surface area contributed by atoms with Crippen LogP contribution in [0.2, 0.25) is 0 Å². The van der Waals surface area contributed by atoms with Crippen LogP contribution in [-0.2, 0) is 21.3 Å². The largest absolute Gasteiger partial charge is 0.379 e. The fourth-order valence-electron chi connectivity index (χ4n) is 3.80. The number of hydrogen-bond donors (Lipinski definition) is 2. The lowest BCUT2D eigenvalue weighted by atomic mass is 10.1. The van der Waals surface area contributed by atoms with Crippen LogP contribution < -0.4 is 10.0 Å². The van der Waals surface area contributed by atoms with E-state index in [1.54, 1.807) is 42.5 Å². The van der Waals surface area contributed by atoms with Crippen LogP contribution in [0.4, 0.5) is 0 Å². The van der Waals surface area contributed by atoms with Crippen molar-refractivity contribution >= 4 is 26.7 Å². The summed E-state index contributed by atoms with van der Waals surface area (Å²) in [6.07, 6.45) is 0.889. The van der Waals surface area contributed by atoms with E-state index < -0.39 is 10.0 Å². The first-order valence-electron chi connectivity index (χ1n) is 11.2. The molecular weight excluding hydrogens is 438 g/mol. The van der Waals surface area contributed by atoms with Crippen molar-refractivity contribution in [3.05, 3.63) is 77.9 Å². The number of rotatable bonds is 9. The van der Waals surface area contributed by atoms with Crippen molar-refractivity contribution in [1.29, 1.82) is 0 Å². The molecule has 0 radical (unpaired) electrons. The molecule has 1 aliphatic rings. The van der Waals surface area contributed by atoms with Gasteiger partial charge in [0.1, 0.15) is 0 Å². The maximum atomic E-state index is 12.7. The maximum Gasteiger partial charge on any atom is 0.251 e. The van der Waals surface area contributed by atoms with Crippen LogP contribution in [0.15, 0.2) is 71.6 Å². The minimum atomic E-state index is -3.64. The normalized spacial score (nSPS) is 14.9. The molecule has 0 aliphatic carbocycles. The Morgan fingerprint density at radius 2 is 1.67 bits per heavy atom. The molecule has 174 valence electrons. The molecule has 0 bridgehead atoms. The summed E-state index contributed by atoms with van der Waals surface area (Å²) in [6, 6.07) is 19.7. The topological polar surface area (TPSA) is 87.7 Å². The molecule has 0 aromatic heterocycles. The Labute approximate surface area is 194 Å². The number of nitrogens with one attached hydrogen (secondary N) is 2. The lowest BCUT2D eigenvalue weighted by molar-refractivity contribution is 0.0374. The summed E-state index contributed by atoms with van der Waals surface area (Å²) in [7, 11) is -3.64. The summed E-state index contributed by atoms with van der Waals surface area (Å²) in [5, 5.41) is 4.81. The third-order valence-corrected chi connectivity index (χ3v) is 7.15. The first-order chi connectivity index (χ1) is 16.0. The Hall–Kier alpha value is -2.78. The number of amides is 1. The third-order valence-electron chi connectivity index (χ3n) is 5.75. The van der Waals surface area contributed by atoms with E-state index in [-0.39, 0.29) is 17.3 Å². The molecule has 0 saturated carbocycles. The van der Waals surface area contributed by atoms with E-state index in [0.29, 0.717) is 12.1 Å². The molecule has 1 fully saturated rings. The van der Waals surface area contributed by atoms with Crippen molar-refractivity contribution in [3.63, 3.8) is 0 Å². The molecule has 2 N–H and O–H groups in total. The molecule has 0 unspecified atom stereocenters. The smallest absolute Gasteiger partial charge is 0.251 e. The Kier molecular flexibility index (Phi) is 7.72. The second-order valence-electron chi connectivity index (χ2n) is 8.09. The molecular formula is C25H29N3O4S. The van der Waals surface area contributed by atoms with Crippen LogP contribution in [-0.4, -0.2) is 58.6 Å². The van der Waals surface area contributed by atoms with Crippen LogP contribution in [0.3, 0.4) is 0 Å². The van der Waals surface area contributed by atoms with Crippen molar-refractivity contribution in [2.45, 2.75) is 17.9 Å². The lowest BCUT2D eigenvalue weighted by Crippen LogP contribution is -2.38. The number of nitrogens with zero attached hydrogens (tertiary/aromatic N) is 1. The SMILES string of the molecule is O=C(NCCCN1CCOCC1)c1ccc(CNS(=O)(=O)c2ccc3ccccc3c2)cc1. The van der Waals surface area contributed by atoms with Crippen LogP contribution in [0.25, 0.3) is 10.8 Å². The van der Waals surface area contributed by atoms with Gasteiger partial charge in [0.05, 0.1) is 18.1 Å². The molecule has 0 atom stereocenters. The minimum absolute atomic E-state index is 0.125. The first-order valence-corrected chi connectivity index (χ1v) is 12.7. The second-order valence-corrected chi connectivity index (χ2v) is 9.86. The van der Waals surface area contributed by atoms with Gasteiger partial charge < -0.3 is 10.1 Å². The highest BCUT2D eigenvalue weighted by molar-refractivity contribution is 7.89. The highest BCUT2D eigenvalue weighted by atomic mass is 32.2. The molecule has 4 rings (SSSR count). The minimum Gasteiger partial charge on any atom is -0.379 e. The average Bonchev–Trinajstić information content (AvgIpc) is 2.86. The van der Waals surface area contributed by atoms with Gasteiger partial charge in [-0.3, -0.25) is 9.69 Å². The molecule has 1 saturated heterocycles. The summed E-state index contributed by atoms with van der Waals surface area (Å²) in [5.74, 6) is -0.125. The summed E-state index contributed by atoms with van der Waals surface area (Å²) >= 11 is 0. The van der Waals surface area contributed by atoms with E-state index >= 15 is 0 Å². The number of sulfonamides is 1. The van der Waals surface area contributed by atoms with Crippen LogP contribution in [0.1, 0.15) is 22.3 Å². The van der Waals surface area contributed by atoms with Gasteiger partial charge in [0.15, 0.2) is 0 Å². The fourth-order valence-corrected chi connectivity index (χ4v) is 4.85. The number of carbonyl (C=O) groups is 1. The highest BCUT2D eigenvalue weighted by Crippen LogP contribution is 2.19. The first kappa shape index (κ1) is 23.4. The van der Waals surface area contributed by atoms with Crippen molar-refractivity contribution in [2.24, 2.45) is 0 Å². The van der Waals surface area contributed by atoms with Gasteiger partial charge in [-0.2, -0.15) is 0 Å². The zero-order valence-corrected chi connectivity index (χ0v) is 19.3. The predicted octanol–water partition coefficient (Wildman–Crippen LogP) is 2.77. The van der Waals surface area contributed by atoms with Crippen molar-refractivity contribution in [2.75, 3.05) is 39.4 Å². The Morgan fingerprint density at radius 3 is 2.42 bits per heavy atom. The summed E-state index contributed by atoms with van der Waals surface area (Å²) in [4.78, 5) is 14.9. The Balaban J connectivity index is 1.26. The van der Waals surface area contributed by atoms with Gasteiger partial charge in [0.25, 0.3) is 5.91 Å². The number of fused-ring (bicyclic) bond motifs is 1. The van der Waals surface area contributed by atoms with Crippen LogP contribution in [0.5, 0.6) is 0 Å². The molecule has 33 heavy (non-hydrogen) atoms. The van der Waals surface area contributed by atoms with Crippen LogP contribution >= 0.6 is 0 Å².